The number of carbonyl (C=O) groups excluding carboxylic acids is 1. The van der Waals surface area contributed by atoms with Crippen LogP contribution in [0.1, 0.15) is 36.3 Å². The number of nitrogens with zero attached hydrogens (tertiary/aromatic N) is 1. The molecule has 0 spiro atoms. The molecule has 2 fully saturated rings. The largest absolute Gasteiger partial charge is 0.448 e. The second-order valence-corrected chi connectivity index (χ2v) is 7.75. The molecule has 3 aliphatic rings. The van der Waals surface area contributed by atoms with E-state index in [0.29, 0.717) is 25.5 Å². The lowest BCUT2D eigenvalue weighted by atomic mass is 9.98. The van der Waals surface area contributed by atoms with Crippen molar-refractivity contribution in [1.82, 2.24) is 4.90 Å². The number of likely N-dealkylation sites (tertiary alicyclic amines) is 1. The molecule has 4 heteroatoms. The van der Waals surface area contributed by atoms with Gasteiger partial charge in [-0.15, -0.1) is 0 Å². The molecular weight excluding hydrogens is 326 g/mol. The summed E-state index contributed by atoms with van der Waals surface area (Å²) in [6.45, 7) is 0.745. The van der Waals surface area contributed by atoms with Crippen molar-refractivity contribution in [3.8, 4) is 11.1 Å². The molecule has 1 saturated heterocycles. The van der Waals surface area contributed by atoms with Crippen LogP contribution in [0.2, 0.25) is 0 Å². The number of fused-ring (bicyclic) bond motifs is 3. The minimum atomic E-state index is -0.416. The highest BCUT2D eigenvalue weighted by molar-refractivity contribution is 5.79. The minimum Gasteiger partial charge on any atom is -0.448 e. The average molecular weight is 349 g/mol. The number of ether oxygens (including phenoxy) is 1. The van der Waals surface area contributed by atoms with Gasteiger partial charge in [-0.05, 0) is 47.4 Å². The molecule has 134 valence electrons. The Morgan fingerprint density at radius 3 is 2.27 bits per heavy atom. The first-order chi connectivity index (χ1) is 12.7. The fraction of sp³-hybridized carbons (Fsp3) is 0.409. The quantitative estimate of drug-likeness (QED) is 0.917. The van der Waals surface area contributed by atoms with Crippen molar-refractivity contribution in [2.45, 2.75) is 37.3 Å². The van der Waals surface area contributed by atoms with Gasteiger partial charge in [0.2, 0.25) is 0 Å². The van der Waals surface area contributed by atoms with Crippen LogP contribution < -0.4 is 0 Å². The van der Waals surface area contributed by atoms with Crippen molar-refractivity contribution >= 4 is 6.09 Å². The van der Waals surface area contributed by atoms with Crippen LogP contribution in [0.25, 0.3) is 11.1 Å². The number of β-amino-alcohol motifs (C(OH)–C–C–N with tert-alkyl or cyclic N) is 1. The Hall–Kier alpha value is -2.33. The van der Waals surface area contributed by atoms with Crippen molar-refractivity contribution in [1.29, 1.82) is 0 Å². The second-order valence-electron chi connectivity index (χ2n) is 7.75. The summed E-state index contributed by atoms with van der Waals surface area (Å²) in [4.78, 5) is 14.5. The summed E-state index contributed by atoms with van der Waals surface area (Å²) >= 11 is 0. The van der Waals surface area contributed by atoms with E-state index in [1.807, 2.05) is 12.1 Å². The molecule has 0 bridgehead atoms. The Morgan fingerprint density at radius 1 is 1.04 bits per heavy atom. The highest BCUT2D eigenvalue weighted by Gasteiger charge is 2.44. The van der Waals surface area contributed by atoms with Gasteiger partial charge in [0.25, 0.3) is 0 Å². The maximum absolute atomic E-state index is 12.7. The lowest BCUT2D eigenvalue weighted by Crippen LogP contribution is -2.38. The molecule has 0 radical (unpaired) electrons. The molecule has 2 unspecified atom stereocenters. The summed E-state index contributed by atoms with van der Waals surface area (Å²) in [5.41, 5.74) is 4.91. The summed E-state index contributed by atoms with van der Waals surface area (Å²) in [5.74, 6) is 0.630. The number of hydrogen-bond donors (Lipinski definition) is 1. The van der Waals surface area contributed by atoms with Gasteiger partial charge in [-0.3, -0.25) is 0 Å². The monoisotopic (exact) mass is 349 g/mol. The van der Waals surface area contributed by atoms with Crippen molar-refractivity contribution in [3.63, 3.8) is 0 Å². The maximum atomic E-state index is 12.7. The minimum absolute atomic E-state index is 0.0817. The third kappa shape index (κ3) is 2.60. The summed E-state index contributed by atoms with van der Waals surface area (Å²) in [6.07, 6.45) is 2.31. The lowest BCUT2D eigenvalue weighted by Gasteiger charge is -2.24. The third-order valence-electron chi connectivity index (χ3n) is 6.06. The van der Waals surface area contributed by atoms with Crippen LogP contribution in [0.3, 0.4) is 0 Å². The summed E-state index contributed by atoms with van der Waals surface area (Å²) < 4.78 is 5.76. The standard InChI is InChI=1S/C22H23NO3/c24-15-11-21(14-9-10-14)23(12-15)22(25)26-13-20-18-7-3-1-5-16(18)17-6-2-4-8-19(17)20/h1-8,14-15,20-21,24H,9-13H2. The highest BCUT2D eigenvalue weighted by Crippen LogP contribution is 2.45. The summed E-state index contributed by atoms with van der Waals surface area (Å²) in [7, 11) is 0. The molecule has 1 aliphatic heterocycles. The smallest absolute Gasteiger partial charge is 0.410 e. The molecule has 5 rings (SSSR count). The maximum Gasteiger partial charge on any atom is 0.410 e. The zero-order valence-corrected chi connectivity index (χ0v) is 14.7. The predicted molar refractivity (Wildman–Crippen MR) is 98.9 cm³/mol. The van der Waals surface area contributed by atoms with Crippen molar-refractivity contribution in [2.75, 3.05) is 13.2 Å². The van der Waals surface area contributed by atoms with Gasteiger partial charge in [-0.2, -0.15) is 0 Å². The van der Waals surface area contributed by atoms with E-state index >= 15 is 0 Å². The van der Waals surface area contributed by atoms with Crippen molar-refractivity contribution in [3.05, 3.63) is 59.7 Å². The Morgan fingerprint density at radius 2 is 1.65 bits per heavy atom. The molecule has 1 saturated carbocycles. The SMILES string of the molecule is O=C(OCC1c2ccccc2-c2ccccc21)N1CC(O)CC1C1CC1. The van der Waals surface area contributed by atoms with Gasteiger partial charge < -0.3 is 14.7 Å². The Labute approximate surface area is 153 Å². The number of rotatable bonds is 3. The first kappa shape index (κ1) is 15.9. The molecule has 4 nitrogen and oxygen atoms in total. The van der Waals surface area contributed by atoms with E-state index in [1.54, 1.807) is 4.90 Å². The number of aliphatic hydroxyl groups excluding tert-OH is 1. The Balaban J connectivity index is 1.34. The Bertz CT molecular complexity index is 799. The number of carbonyl (C=O) groups is 1. The molecule has 2 aromatic rings. The summed E-state index contributed by atoms with van der Waals surface area (Å²) in [5, 5.41) is 9.99. The lowest BCUT2D eigenvalue weighted by molar-refractivity contribution is 0.0884. The summed E-state index contributed by atoms with van der Waals surface area (Å²) in [6, 6.07) is 16.9. The highest BCUT2D eigenvalue weighted by atomic mass is 16.6. The van der Waals surface area contributed by atoms with Gasteiger partial charge in [0.1, 0.15) is 6.61 Å². The van der Waals surface area contributed by atoms with Gasteiger partial charge >= 0.3 is 6.09 Å². The van der Waals surface area contributed by atoms with Crippen molar-refractivity contribution in [2.24, 2.45) is 5.92 Å². The second kappa shape index (κ2) is 6.13. The van der Waals surface area contributed by atoms with E-state index < -0.39 is 6.10 Å². The molecule has 2 atom stereocenters. The van der Waals surface area contributed by atoms with E-state index in [9.17, 15) is 9.90 Å². The van der Waals surface area contributed by atoms with Crippen LogP contribution in [-0.4, -0.2) is 41.4 Å². The molecule has 1 N–H and O–H groups in total. The van der Waals surface area contributed by atoms with Crippen LogP contribution in [0.15, 0.2) is 48.5 Å². The number of amides is 1. The molecule has 2 aliphatic carbocycles. The van der Waals surface area contributed by atoms with Crippen LogP contribution in [0.5, 0.6) is 0 Å². The fourth-order valence-corrected chi connectivity index (χ4v) is 4.66. The molecule has 1 heterocycles. The van der Waals surface area contributed by atoms with Gasteiger partial charge in [0.05, 0.1) is 12.6 Å². The van der Waals surface area contributed by atoms with E-state index in [-0.39, 0.29) is 18.1 Å². The van der Waals surface area contributed by atoms with Crippen LogP contribution in [0.4, 0.5) is 4.79 Å². The van der Waals surface area contributed by atoms with Crippen LogP contribution in [-0.2, 0) is 4.74 Å². The van der Waals surface area contributed by atoms with Gasteiger partial charge in [0, 0.05) is 12.0 Å². The van der Waals surface area contributed by atoms with E-state index in [2.05, 4.69) is 36.4 Å². The van der Waals surface area contributed by atoms with Gasteiger partial charge in [-0.25, -0.2) is 4.79 Å². The van der Waals surface area contributed by atoms with E-state index in [1.165, 1.54) is 22.3 Å². The number of hydrogen-bond acceptors (Lipinski definition) is 3. The molecular formula is C22H23NO3. The number of aliphatic hydroxyl groups is 1. The first-order valence-corrected chi connectivity index (χ1v) is 9.52. The molecule has 1 amide bonds. The average Bonchev–Trinajstić information content (AvgIpc) is 3.36. The topological polar surface area (TPSA) is 49.8 Å². The molecule has 26 heavy (non-hydrogen) atoms. The van der Waals surface area contributed by atoms with Crippen molar-refractivity contribution < 1.29 is 14.6 Å². The Kier molecular flexibility index (Phi) is 3.75. The van der Waals surface area contributed by atoms with Gasteiger partial charge in [0.15, 0.2) is 0 Å². The third-order valence-corrected chi connectivity index (χ3v) is 6.06. The normalized spacial score (nSPS) is 24.4. The molecule has 2 aromatic carbocycles. The molecule has 0 aromatic heterocycles. The number of benzene rings is 2. The zero-order chi connectivity index (χ0) is 17.7. The van der Waals surface area contributed by atoms with Crippen LogP contribution in [0, 0.1) is 5.92 Å². The first-order valence-electron chi connectivity index (χ1n) is 9.52. The fourth-order valence-electron chi connectivity index (χ4n) is 4.66. The van der Waals surface area contributed by atoms with Gasteiger partial charge in [-0.1, -0.05) is 48.5 Å². The van der Waals surface area contributed by atoms with E-state index in [0.717, 1.165) is 12.8 Å². The predicted octanol–water partition coefficient (Wildman–Crippen LogP) is 3.78. The van der Waals surface area contributed by atoms with E-state index in [4.69, 9.17) is 4.74 Å². The zero-order valence-electron chi connectivity index (χ0n) is 14.7. The van der Waals surface area contributed by atoms with Crippen LogP contribution >= 0.6 is 0 Å².